The minimum Gasteiger partial charge on any atom is -0.480 e. The number of hydrogen-bond donors (Lipinski definition) is 2. The molecule has 0 spiro atoms. The zero-order chi connectivity index (χ0) is 21.3. The van der Waals surface area contributed by atoms with Crippen molar-refractivity contribution in [1.29, 1.82) is 5.41 Å². The van der Waals surface area contributed by atoms with E-state index in [9.17, 15) is 13.2 Å². The number of nitrogens with zero attached hydrogens (tertiary/aromatic N) is 4. The molecule has 0 aliphatic carbocycles. The molecule has 7 nitrogen and oxygen atoms in total. The summed E-state index contributed by atoms with van der Waals surface area (Å²) in [5, 5.41) is 14.9. The van der Waals surface area contributed by atoms with E-state index in [4.69, 9.17) is 5.41 Å². The van der Waals surface area contributed by atoms with Crippen LogP contribution in [0.2, 0.25) is 0 Å². The molecule has 10 heteroatoms. The molecule has 30 heavy (non-hydrogen) atoms. The molecule has 1 aromatic carbocycles. The van der Waals surface area contributed by atoms with Gasteiger partial charge >= 0.3 is 6.43 Å². The van der Waals surface area contributed by atoms with Crippen LogP contribution in [-0.4, -0.2) is 44.9 Å². The highest BCUT2D eigenvalue weighted by Crippen LogP contribution is 2.31. The maximum atomic E-state index is 14.3. The van der Waals surface area contributed by atoms with Crippen molar-refractivity contribution in [3.63, 3.8) is 0 Å². The zero-order valence-electron chi connectivity index (χ0n) is 15.6. The normalized spacial score (nSPS) is 12.0. The molecule has 0 saturated carbocycles. The van der Waals surface area contributed by atoms with Crippen LogP contribution in [0.25, 0.3) is 28.0 Å². The largest absolute Gasteiger partial charge is 0.480 e. The summed E-state index contributed by atoms with van der Waals surface area (Å²) in [6.45, 7) is 0. The third kappa shape index (κ3) is 3.43. The molecule has 0 amide bonds. The van der Waals surface area contributed by atoms with Crippen LogP contribution in [0.15, 0.2) is 60.0 Å². The van der Waals surface area contributed by atoms with E-state index in [2.05, 4.69) is 24.9 Å². The van der Waals surface area contributed by atoms with E-state index >= 15 is 0 Å². The molecule has 0 bridgehead atoms. The summed E-state index contributed by atoms with van der Waals surface area (Å²) in [4.78, 5) is 7.73. The number of hydrogen-bond acceptors (Lipinski definition) is 4. The second kappa shape index (κ2) is 7.82. The van der Waals surface area contributed by atoms with Crippen molar-refractivity contribution in [2.45, 2.75) is 6.43 Å². The highest BCUT2D eigenvalue weighted by molar-refractivity contribution is 6.03. The lowest BCUT2D eigenvalue weighted by molar-refractivity contribution is 0.185. The van der Waals surface area contributed by atoms with Gasteiger partial charge in [-0.2, -0.15) is 18.9 Å². The Morgan fingerprint density at radius 2 is 1.97 bits per heavy atom. The molecule has 0 fully saturated rings. The van der Waals surface area contributed by atoms with Crippen molar-refractivity contribution < 1.29 is 17.9 Å². The van der Waals surface area contributed by atoms with Gasteiger partial charge in [-0.1, -0.05) is 12.1 Å². The Bertz CT molecular complexity index is 1260. The van der Waals surface area contributed by atoms with Gasteiger partial charge in [-0.05, 0) is 24.3 Å². The SMILES string of the molecule is COC(=NC(=N)c1cnc2ccc(-c3cn[nH]c3-c3ccccc3F)cn12)C(F)F. The lowest BCUT2D eigenvalue weighted by atomic mass is 10.0. The Morgan fingerprint density at radius 3 is 2.70 bits per heavy atom. The van der Waals surface area contributed by atoms with Gasteiger partial charge in [0.25, 0.3) is 5.90 Å². The summed E-state index contributed by atoms with van der Waals surface area (Å²) in [5.74, 6) is -1.69. The number of aromatic nitrogens is 4. The molecule has 152 valence electrons. The Kier molecular flexibility index (Phi) is 5.05. The summed E-state index contributed by atoms with van der Waals surface area (Å²) in [6.07, 6.45) is 1.63. The number of aromatic amines is 1. The number of halogens is 3. The van der Waals surface area contributed by atoms with Crippen molar-refractivity contribution in [2.24, 2.45) is 4.99 Å². The van der Waals surface area contributed by atoms with E-state index in [1.165, 1.54) is 16.7 Å². The van der Waals surface area contributed by atoms with Gasteiger partial charge in [-0.25, -0.2) is 9.37 Å². The summed E-state index contributed by atoms with van der Waals surface area (Å²) < 4.78 is 46.1. The third-order valence-electron chi connectivity index (χ3n) is 4.46. The second-order valence-corrected chi connectivity index (χ2v) is 6.23. The van der Waals surface area contributed by atoms with Crippen LogP contribution in [0.4, 0.5) is 13.2 Å². The minimum absolute atomic E-state index is 0.193. The van der Waals surface area contributed by atoms with Crippen LogP contribution in [0.3, 0.4) is 0 Å². The first-order chi connectivity index (χ1) is 14.5. The highest BCUT2D eigenvalue weighted by Gasteiger charge is 2.18. The molecule has 4 aromatic rings. The number of pyridine rings is 1. The fraction of sp³-hybridized carbons (Fsp3) is 0.100. The molecule has 0 saturated heterocycles. The first kappa shape index (κ1) is 19.4. The number of amidine groups is 1. The maximum absolute atomic E-state index is 14.3. The third-order valence-corrected chi connectivity index (χ3v) is 4.46. The Labute approximate surface area is 168 Å². The number of imidazole rings is 1. The molecule has 0 atom stereocenters. The summed E-state index contributed by atoms with van der Waals surface area (Å²) in [6, 6.07) is 9.77. The zero-order valence-corrected chi connectivity index (χ0v) is 15.6. The van der Waals surface area contributed by atoms with Crippen molar-refractivity contribution in [1.82, 2.24) is 19.6 Å². The lowest BCUT2D eigenvalue weighted by Crippen LogP contribution is -2.15. The van der Waals surface area contributed by atoms with E-state index in [1.54, 1.807) is 42.7 Å². The number of benzene rings is 1. The van der Waals surface area contributed by atoms with Gasteiger partial charge in [0.2, 0.25) is 0 Å². The second-order valence-electron chi connectivity index (χ2n) is 6.23. The number of methoxy groups -OCH3 is 1. The van der Waals surface area contributed by atoms with Gasteiger partial charge in [-0.3, -0.25) is 14.9 Å². The number of H-pyrrole nitrogens is 1. The Balaban J connectivity index is 1.80. The number of ether oxygens (including phenoxy) is 1. The van der Waals surface area contributed by atoms with Crippen LogP contribution in [0.5, 0.6) is 0 Å². The summed E-state index contributed by atoms with van der Waals surface area (Å²) >= 11 is 0. The average Bonchev–Trinajstić information content (AvgIpc) is 3.38. The summed E-state index contributed by atoms with van der Waals surface area (Å²) in [5.41, 5.74) is 2.81. The molecule has 0 aliphatic rings. The van der Waals surface area contributed by atoms with Gasteiger partial charge in [-0.15, -0.1) is 0 Å². The molecule has 3 aromatic heterocycles. The van der Waals surface area contributed by atoms with Crippen LogP contribution in [0.1, 0.15) is 5.69 Å². The predicted molar refractivity (Wildman–Crippen MR) is 105 cm³/mol. The van der Waals surface area contributed by atoms with Gasteiger partial charge in [0.15, 0.2) is 5.84 Å². The minimum atomic E-state index is -2.95. The maximum Gasteiger partial charge on any atom is 0.312 e. The van der Waals surface area contributed by atoms with Crippen LogP contribution < -0.4 is 0 Å². The van der Waals surface area contributed by atoms with Gasteiger partial charge in [0.1, 0.15) is 17.2 Å². The first-order valence-electron chi connectivity index (χ1n) is 8.75. The predicted octanol–water partition coefficient (Wildman–Crippen LogP) is 4.17. The number of alkyl halides is 2. The fourth-order valence-corrected chi connectivity index (χ4v) is 3.04. The molecule has 2 N–H and O–H groups in total. The molecule has 0 unspecified atom stereocenters. The van der Waals surface area contributed by atoms with Gasteiger partial charge < -0.3 is 4.74 Å². The molecule has 0 radical (unpaired) electrons. The van der Waals surface area contributed by atoms with Crippen LogP contribution in [0, 0.1) is 11.2 Å². The van der Waals surface area contributed by atoms with Crippen molar-refractivity contribution in [2.75, 3.05) is 7.11 Å². The smallest absolute Gasteiger partial charge is 0.312 e. The fourth-order valence-electron chi connectivity index (χ4n) is 3.04. The average molecular weight is 412 g/mol. The van der Waals surface area contributed by atoms with Crippen molar-refractivity contribution in [3.8, 4) is 22.4 Å². The number of aliphatic imine (C=N–C) groups is 1. The Hall–Kier alpha value is -3.95. The number of fused-ring (bicyclic) bond motifs is 1. The van der Waals surface area contributed by atoms with E-state index < -0.39 is 24.0 Å². The van der Waals surface area contributed by atoms with Crippen molar-refractivity contribution >= 4 is 17.4 Å². The molecule has 4 rings (SSSR count). The topological polar surface area (TPSA) is 91.4 Å². The monoisotopic (exact) mass is 412 g/mol. The van der Waals surface area contributed by atoms with E-state index in [-0.39, 0.29) is 5.69 Å². The standard InChI is InChI=1S/C20H15F3N6O/c1-30-20(18(22)23)27-19(24)15-9-25-16-7-6-11(10-29(15)16)13-8-26-28-17(13)12-4-2-3-5-14(12)21/h2-10,18,24H,1H3,(H,26,28). The molecular weight excluding hydrogens is 397 g/mol. The van der Waals surface area contributed by atoms with Crippen molar-refractivity contribution in [3.05, 3.63) is 66.5 Å². The first-order valence-corrected chi connectivity index (χ1v) is 8.75. The van der Waals surface area contributed by atoms with E-state index in [0.717, 1.165) is 7.11 Å². The van der Waals surface area contributed by atoms with Crippen LogP contribution in [-0.2, 0) is 4.74 Å². The Morgan fingerprint density at radius 1 is 1.17 bits per heavy atom. The molecule has 0 aliphatic heterocycles. The number of rotatable bonds is 4. The van der Waals surface area contributed by atoms with E-state index in [1.807, 2.05) is 0 Å². The quantitative estimate of drug-likeness (QED) is 0.389. The molecule has 3 heterocycles. The summed E-state index contributed by atoms with van der Waals surface area (Å²) in [7, 11) is 1.06. The van der Waals surface area contributed by atoms with Crippen LogP contribution >= 0.6 is 0 Å². The number of nitrogens with one attached hydrogen (secondary N) is 2. The highest BCUT2D eigenvalue weighted by atomic mass is 19.3. The van der Waals surface area contributed by atoms with Gasteiger partial charge in [0, 0.05) is 22.9 Å². The van der Waals surface area contributed by atoms with E-state index in [0.29, 0.717) is 28.0 Å². The lowest BCUT2D eigenvalue weighted by Gasteiger charge is -2.07. The molecular formula is C20H15F3N6O. The van der Waals surface area contributed by atoms with Gasteiger partial charge in [0.05, 0.1) is 25.2 Å².